The number of hydrogen-bond donors (Lipinski definition) is 1. The van der Waals surface area contributed by atoms with Gasteiger partial charge in [-0.1, -0.05) is 41.4 Å². The highest BCUT2D eigenvalue weighted by Crippen LogP contribution is 2.34. The van der Waals surface area contributed by atoms with Crippen LogP contribution in [0.3, 0.4) is 0 Å². The van der Waals surface area contributed by atoms with E-state index in [4.69, 9.17) is 23.2 Å². The van der Waals surface area contributed by atoms with E-state index in [1.54, 1.807) is 12.1 Å². The first kappa shape index (κ1) is 14.3. The number of rotatable bonds is 3. The molecule has 100 valence electrons. The molecule has 0 fully saturated rings. The fraction of sp³-hybridized carbons (Fsp3) is 0.200. The standard InChI is InChI=1S/C15H14Cl2FN/c1-9-6-7-10(18)8-12(9)15(19-2)11-4-3-5-13(16)14(11)17/h3-8,15,19H,1-2H3. The van der Waals surface area contributed by atoms with Gasteiger partial charge in [-0.25, -0.2) is 4.39 Å². The number of halogens is 3. The van der Waals surface area contributed by atoms with E-state index in [2.05, 4.69) is 5.32 Å². The summed E-state index contributed by atoms with van der Waals surface area (Å²) >= 11 is 12.3. The van der Waals surface area contributed by atoms with Crippen LogP contribution in [0.1, 0.15) is 22.7 Å². The van der Waals surface area contributed by atoms with Crippen LogP contribution in [0.5, 0.6) is 0 Å². The first-order valence-electron chi connectivity index (χ1n) is 5.92. The van der Waals surface area contributed by atoms with Crippen molar-refractivity contribution < 1.29 is 4.39 Å². The maximum Gasteiger partial charge on any atom is 0.123 e. The fourth-order valence-electron chi connectivity index (χ4n) is 2.14. The molecule has 1 N–H and O–H groups in total. The monoisotopic (exact) mass is 297 g/mol. The summed E-state index contributed by atoms with van der Waals surface area (Å²) in [5.74, 6) is -0.265. The molecular formula is C15H14Cl2FN. The van der Waals surface area contributed by atoms with Crippen molar-refractivity contribution >= 4 is 23.2 Å². The lowest BCUT2D eigenvalue weighted by Crippen LogP contribution is -2.19. The fourth-order valence-corrected chi connectivity index (χ4v) is 2.56. The van der Waals surface area contributed by atoms with E-state index in [1.165, 1.54) is 12.1 Å². The minimum Gasteiger partial charge on any atom is -0.309 e. The van der Waals surface area contributed by atoms with Crippen LogP contribution in [-0.2, 0) is 0 Å². The van der Waals surface area contributed by atoms with Gasteiger partial charge in [0.25, 0.3) is 0 Å². The van der Waals surface area contributed by atoms with Gasteiger partial charge in [-0.2, -0.15) is 0 Å². The summed E-state index contributed by atoms with van der Waals surface area (Å²) in [6, 6.07) is 9.99. The Kier molecular flexibility index (Phi) is 4.46. The van der Waals surface area contributed by atoms with Crippen LogP contribution in [0.15, 0.2) is 36.4 Å². The summed E-state index contributed by atoms with van der Waals surface area (Å²) in [5.41, 5.74) is 2.69. The van der Waals surface area contributed by atoms with E-state index < -0.39 is 0 Å². The summed E-state index contributed by atoms with van der Waals surface area (Å²) in [4.78, 5) is 0. The highest BCUT2D eigenvalue weighted by Gasteiger charge is 2.18. The minimum atomic E-state index is -0.265. The topological polar surface area (TPSA) is 12.0 Å². The number of nitrogens with one attached hydrogen (secondary N) is 1. The van der Waals surface area contributed by atoms with Gasteiger partial charge in [0.1, 0.15) is 5.82 Å². The highest BCUT2D eigenvalue weighted by molar-refractivity contribution is 6.42. The van der Waals surface area contributed by atoms with Gasteiger partial charge in [-0.15, -0.1) is 0 Å². The van der Waals surface area contributed by atoms with Gasteiger partial charge in [0.05, 0.1) is 16.1 Å². The molecule has 0 aliphatic rings. The quantitative estimate of drug-likeness (QED) is 0.862. The maximum absolute atomic E-state index is 13.5. The molecule has 0 aliphatic carbocycles. The van der Waals surface area contributed by atoms with Gasteiger partial charge in [0.15, 0.2) is 0 Å². The third-order valence-corrected chi connectivity index (χ3v) is 3.97. The van der Waals surface area contributed by atoms with Crippen molar-refractivity contribution in [1.29, 1.82) is 0 Å². The number of hydrogen-bond acceptors (Lipinski definition) is 1. The highest BCUT2D eigenvalue weighted by atomic mass is 35.5. The van der Waals surface area contributed by atoms with Crippen molar-refractivity contribution in [2.24, 2.45) is 0 Å². The summed E-state index contributed by atoms with van der Waals surface area (Å²) in [6.45, 7) is 1.94. The molecule has 1 unspecified atom stereocenters. The molecule has 2 aromatic carbocycles. The smallest absolute Gasteiger partial charge is 0.123 e. The van der Waals surface area contributed by atoms with Crippen molar-refractivity contribution in [3.63, 3.8) is 0 Å². The second-order valence-electron chi connectivity index (χ2n) is 4.37. The molecule has 0 aromatic heterocycles. The third kappa shape index (κ3) is 2.92. The SMILES string of the molecule is CNC(c1cc(F)ccc1C)c1cccc(Cl)c1Cl. The number of benzene rings is 2. The molecule has 0 bridgehead atoms. The molecule has 1 atom stereocenters. The Morgan fingerprint density at radius 2 is 1.84 bits per heavy atom. The average molecular weight is 298 g/mol. The van der Waals surface area contributed by atoms with E-state index >= 15 is 0 Å². The largest absolute Gasteiger partial charge is 0.309 e. The Morgan fingerprint density at radius 3 is 2.53 bits per heavy atom. The summed E-state index contributed by atoms with van der Waals surface area (Å²) in [7, 11) is 1.81. The van der Waals surface area contributed by atoms with E-state index in [1.807, 2.05) is 26.1 Å². The van der Waals surface area contributed by atoms with Gasteiger partial charge in [-0.05, 0) is 48.9 Å². The van der Waals surface area contributed by atoms with Crippen molar-refractivity contribution in [3.05, 3.63) is 69.0 Å². The first-order valence-corrected chi connectivity index (χ1v) is 6.67. The summed E-state index contributed by atoms with van der Waals surface area (Å²) in [5, 5.41) is 4.15. The van der Waals surface area contributed by atoms with Crippen LogP contribution in [0, 0.1) is 12.7 Å². The molecular weight excluding hydrogens is 284 g/mol. The van der Waals surface area contributed by atoms with Gasteiger partial charge in [0, 0.05) is 0 Å². The van der Waals surface area contributed by atoms with Crippen LogP contribution < -0.4 is 5.32 Å². The van der Waals surface area contributed by atoms with E-state index in [-0.39, 0.29) is 11.9 Å². The summed E-state index contributed by atoms with van der Waals surface area (Å²) < 4.78 is 13.5. The van der Waals surface area contributed by atoms with Crippen molar-refractivity contribution in [1.82, 2.24) is 5.32 Å². The molecule has 2 aromatic rings. The van der Waals surface area contributed by atoms with Gasteiger partial charge in [0.2, 0.25) is 0 Å². The Morgan fingerprint density at radius 1 is 1.11 bits per heavy atom. The van der Waals surface area contributed by atoms with Crippen LogP contribution in [0.4, 0.5) is 4.39 Å². The maximum atomic E-state index is 13.5. The Labute approximate surface area is 122 Å². The molecule has 0 saturated heterocycles. The molecule has 0 saturated carbocycles. The molecule has 2 rings (SSSR count). The van der Waals surface area contributed by atoms with Crippen LogP contribution in [0.25, 0.3) is 0 Å². The predicted octanol–water partition coefficient (Wildman–Crippen LogP) is 4.75. The normalized spacial score (nSPS) is 12.5. The second-order valence-corrected chi connectivity index (χ2v) is 5.15. The third-order valence-electron chi connectivity index (χ3n) is 3.13. The molecule has 0 aliphatic heterocycles. The lowest BCUT2D eigenvalue weighted by molar-refractivity contribution is 0.615. The Hall–Kier alpha value is -1.09. The van der Waals surface area contributed by atoms with Crippen molar-refractivity contribution in [3.8, 4) is 0 Å². The average Bonchev–Trinajstić information content (AvgIpc) is 2.39. The molecule has 0 radical (unpaired) electrons. The Balaban J connectivity index is 2.56. The van der Waals surface area contributed by atoms with Crippen molar-refractivity contribution in [2.75, 3.05) is 7.05 Å². The Bertz CT molecular complexity index is 597. The van der Waals surface area contributed by atoms with Crippen LogP contribution in [-0.4, -0.2) is 7.05 Å². The van der Waals surface area contributed by atoms with Crippen molar-refractivity contribution in [2.45, 2.75) is 13.0 Å². The zero-order valence-electron chi connectivity index (χ0n) is 10.7. The number of aryl methyl sites for hydroxylation is 1. The minimum absolute atomic E-state index is 0.193. The molecule has 4 heteroatoms. The lowest BCUT2D eigenvalue weighted by Gasteiger charge is -2.21. The molecule has 19 heavy (non-hydrogen) atoms. The molecule has 0 heterocycles. The van der Waals surface area contributed by atoms with Gasteiger partial charge < -0.3 is 5.32 Å². The first-order chi connectivity index (χ1) is 9.04. The van der Waals surface area contributed by atoms with Crippen LogP contribution in [0.2, 0.25) is 10.0 Å². The summed E-state index contributed by atoms with van der Waals surface area (Å²) in [6.07, 6.45) is 0. The predicted molar refractivity (Wildman–Crippen MR) is 78.5 cm³/mol. The van der Waals surface area contributed by atoms with E-state index in [9.17, 15) is 4.39 Å². The molecule has 0 amide bonds. The zero-order valence-corrected chi connectivity index (χ0v) is 12.2. The van der Waals surface area contributed by atoms with Gasteiger partial charge in [-0.3, -0.25) is 0 Å². The molecule has 1 nitrogen and oxygen atoms in total. The van der Waals surface area contributed by atoms with Gasteiger partial charge >= 0.3 is 0 Å². The van der Waals surface area contributed by atoms with E-state index in [0.29, 0.717) is 10.0 Å². The lowest BCUT2D eigenvalue weighted by atomic mass is 9.95. The molecule has 0 spiro atoms. The second kappa shape index (κ2) is 5.91. The van der Waals surface area contributed by atoms with E-state index in [0.717, 1.165) is 16.7 Å². The van der Waals surface area contributed by atoms with Crippen LogP contribution >= 0.6 is 23.2 Å². The zero-order chi connectivity index (χ0) is 14.0.